The van der Waals surface area contributed by atoms with Gasteiger partial charge in [0.05, 0.1) is 0 Å². The molecule has 0 heterocycles. The van der Waals surface area contributed by atoms with E-state index in [0.717, 1.165) is 27.8 Å². The van der Waals surface area contributed by atoms with E-state index in [1.54, 1.807) is 13.8 Å². The van der Waals surface area contributed by atoms with Gasteiger partial charge in [-0.2, -0.15) is 0 Å². The zero-order valence-corrected chi connectivity index (χ0v) is 21.0. The third-order valence-electron chi connectivity index (χ3n) is 5.15. The summed E-state index contributed by atoms with van der Waals surface area (Å²) < 4.78 is 20.6. The van der Waals surface area contributed by atoms with E-state index in [-0.39, 0.29) is 0 Å². The maximum Gasteiger partial charge on any atom is 0.338 e. The van der Waals surface area contributed by atoms with Crippen LogP contribution in [0.5, 0.6) is 11.5 Å². The molecule has 0 aliphatic heterocycles. The molecule has 0 saturated carbocycles. The van der Waals surface area contributed by atoms with Crippen molar-refractivity contribution >= 4 is 11.9 Å². The summed E-state index contributed by atoms with van der Waals surface area (Å²) in [7, 11) is 0. The molecular formula is C31H28O6. The van der Waals surface area contributed by atoms with Crippen LogP contribution in [0.4, 0.5) is 0 Å². The van der Waals surface area contributed by atoms with Crippen LogP contribution in [-0.4, -0.2) is 11.9 Å². The number of aryl methyl sites for hydroxylation is 1. The lowest BCUT2D eigenvalue weighted by atomic mass is 9.96. The topological polar surface area (TPSA) is 71.1 Å². The number of hydrogen-bond acceptors (Lipinski definition) is 6. The Morgan fingerprint density at radius 3 is 1.49 bits per heavy atom. The van der Waals surface area contributed by atoms with E-state index in [1.807, 2.05) is 48.5 Å². The van der Waals surface area contributed by atoms with Crippen molar-refractivity contribution in [3.63, 3.8) is 0 Å². The van der Waals surface area contributed by atoms with E-state index in [2.05, 4.69) is 38.3 Å². The van der Waals surface area contributed by atoms with Crippen LogP contribution in [0.15, 0.2) is 116 Å². The van der Waals surface area contributed by atoms with Gasteiger partial charge in [0.2, 0.25) is 0 Å². The maximum atomic E-state index is 11.3. The van der Waals surface area contributed by atoms with Gasteiger partial charge in [0, 0.05) is 11.1 Å². The zero-order valence-electron chi connectivity index (χ0n) is 21.0. The molecule has 0 amide bonds. The second-order valence-corrected chi connectivity index (χ2v) is 8.23. The fraction of sp³-hybridized carbons (Fsp3) is 0.0968. The summed E-state index contributed by atoms with van der Waals surface area (Å²) in [5, 5.41) is 0. The monoisotopic (exact) mass is 496 g/mol. The smallest absolute Gasteiger partial charge is 0.338 e. The van der Waals surface area contributed by atoms with Crippen LogP contribution in [-0.2, 0) is 19.1 Å². The van der Waals surface area contributed by atoms with Crippen molar-refractivity contribution in [1.82, 2.24) is 0 Å². The van der Waals surface area contributed by atoms with Gasteiger partial charge in [-0.1, -0.05) is 55.6 Å². The average Bonchev–Trinajstić information content (AvgIpc) is 2.89. The second-order valence-electron chi connectivity index (χ2n) is 8.23. The largest absolute Gasteiger partial charge is 0.462 e. The summed E-state index contributed by atoms with van der Waals surface area (Å²) in [6, 6.07) is 21.5. The minimum atomic E-state index is -0.505. The molecule has 0 spiro atoms. The molecule has 188 valence electrons. The molecule has 0 radical (unpaired) electrons. The van der Waals surface area contributed by atoms with Crippen molar-refractivity contribution in [1.29, 1.82) is 0 Å². The molecule has 0 unspecified atom stereocenters. The van der Waals surface area contributed by atoms with Gasteiger partial charge in [-0.25, -0.2) is 9.59 Å². The molecule has 0 saturated heterocycles. The van der Waals surface area contributed by atoms with Gasteiger partial charge in [-0.05, 0) is 72.9 Å². The lowest BCUT2D eigenvalue weighted by Gasteiger charge is -2.10. The normalized spacial score (nSPS) is 10.8. The Morgan fingerprint density at radius 2 is 1.05 bits per heavy atom. The molecule has 3 aromatic rings. The van der Waals surface area contributed by atoms with Crippen LogP contribution in [0, 0.1) is 6.92 Å². The first-order valence-corrected chi connectivity index (χ1v) is 11.4. The minimum absolute atomic E-state index is 0.314. The molecule has 0 fully saturated rings. The highest BCUT2D eigenvalue weighted by molar-refractivity contribution is 5.87. The van der Waals surface area contributed by atoms with Crippen molar-refractivity contribution < 1.29 is 28.5 Å². The molecule has 3 aromatic carbocycles. The molecule has 0 atom stereocenters. The van der Waals surface area contributed by atoms with E-state index in [4.69, 9.17) is 18.9 Å². The van der Waals surface area contributed by atoms with Crippen LogP contribution >= 0.6 is 0 Å². The van der Waals surface area contributed by atoms with Crippen molar-refractivity contribution in [2.75, 3.05) is 0 Å². The lowest BCUT2D eigenvalue weighted by molar-refractivity contribution is -0.134. The van der Waals surface area contributed by atoms with Crippen LogP contribution in [0.25, 0.3) is 22.3 Å². The standard InChI is InChI=1S/C31H28O6/c1-21(2)30(32)36-18-16-34-27-11-6-24(7-12-27)26-10-15-29(23(5)20-26)25-8-13-28(14-9-25)35-17-19-37-31(33)22(3)4/h6-20H,1,3H2,2,4-5H3/b18-16-,19-17-. The summed E-state index contributed by atoms with van der Waals surface area (Å²) >= 11 is 0. The highest BCUT2D eigenvalue weighted by atomic mass is 16.5. The van der Waals surface area contributed by atoms with Crippen molar-refractivity contribution in [3.8, 4) is 33.8 Å². The van der Waals surface area contributed by atoms with E-state index in [1.165, 1.54) is 25.0 Å². The third kappa shape index (κ3) is 7.83. The zero-order chi connectivity index (χ0) is 26.8. The van der Waals surface area contributed by atoms with Gasteiger partial charge in [-0.3, -0.25) is 0 Å². The first kappa shape index (κ1) is 26.8. The molecule has 37 heavy (non-hydrogen) atoms. The molecule has 6 nitrogen and oxygen atoms in total. The Hall–Kier alpha value is -4.84. The maximum absolute atomic E-state index is 11.3. The molecule has 0 bridgehead atoms. The first-order valence-electron chi connectivity index (χ1n) is 11.4. The van der Waals surface area contributed by atoms with Crippen LogP contribution < -0.4 is 9.47 Å². The lowest BCUT2D eigenvalue weighted by Crippen LogP contribution is -1.99. The highest BCUT2D eigenvalue weighted by Crippen LogP contribution is 2.30. The average molecular weight is 497 g/mol. The Bertz CT molecular complexity index is 1350. The van der Waals surface area contributed by atoms with Crippen molar-refractivity contribution in [3.05, 3.63) is 122 Å². The molecule has 0 aliphatic rings. The summed E-state index contributed by atoms with van der Waals surface area (Å²) in [6.45, 7) is 12.2. The molecular weight excluding hydrogens is 468 g/mol. The summed E-state index contributed by atoms with van der Waals surface area (Å²) in [5.74, 6) is 0.223. The fourth-order valence-electron chi connectivity index (χ4n) is 3.20. The van der Waals surface area contributed by atoms with E-state index in [9.17, 15) is 9.59 Å². The van der Waals surface area contributed by atoms with Gasteiger partial charge in [-0.15, -0.1) is 0 Å². The van der Waals surface area contributed by atoms with E-state index in [0.29, 0.717) is 22.6 Å². The predicted molar refractivity (Wildman–Crippen MR) is 143 cm³/mol. The second kappa shape index (κ2) is 12.7. The van der Waals surface area contributed by atoms with Gasteiger partial charge in [0.25, 0.3) is 0 Å². The van der Waals surface area contributed by atoms with Crippen LogP contribution in [0.1, 0.15) is 19.4 Å². The molecule has 0 aromatic heterocycles. The summed E-state index contributed by atoms with van der Waals surface area (Å²) in [6.07, 6.45) is 4.98. The quantitative estimate of drug-likeness (QED) is 0.167. The Balaban J connectivity index is 1.61. The first-order chi connectivity index (χ1) is 17.7. The molecule has 0 aliphatic carbocycles. The number of ether oxygens (including phenoxy) is 4. The Labute approximate surface area is 216 Å². The van der Waals surface area contributed by atoms with Gasteiger partial charge >= 0.3 is 11.9 Å². The van der Waals surface area contributed by atoms with E-state index >= 15 is 0 Å². The highest BCUT2D eigenvalue weighted by Gasteiger charge is 2.06. The fourth-order valence-corrected chi connectivity index (χ4v) is 3.20. The number of benzene rings is 3. The van der Waals surface area contributed by atoms with Crippen molar-refractivity contribution in [2.24, 2.45) is 0 Å². The van der Waals surface area contributed by atoms with Crippen molar-refractivity contribution in [2.45, 2.75) is 20.8 Å². The predicted octanol–water partition coefficient (Wildman–Crippen LogP) is 7.27. The van der Waals surface area contributed by atoms with Crippen LogP contribution in [0.3, 0.4) is 0 Å². The molecule has 6 heteroatoms. The molecule has 3 rings (SSSR count). The van der Waals surface area contributed by atoms with E-state index < -0.39 is 11.9 Å². The Kier molecular flexibility index (Phi) is 9.22. The number of rotatable bonds is 10. The Morgan fingerprint density at radius 1 is 0.622 bits per heavy atom. The third-order valence-corrected chi connectivity index (χ3v) is 5.15. The minimum Gasteiger partial charge on any atom is -0.462 e. The summed E-state index contributed by atoms with van der Waals surface area (Å²) in [4.78, 5) is 22.7. The van der Waals surface area contributed by atoms with Gasteiger partial charge in [0.1, 0.15) is 36.5 Å². The number of carbonyl (C=O) groups is 2. The molecule has 0 N–H and O–H groups in total. The van der Waals surface area contributed by atoms with Crippen LogP contribution in [0.2, 0.25) is 0 Å². The number of carbonyl (C=O) groups excluding carboxylic acids is 2. The van der Waals surface area contributed by atoms with Gasteiger partial charge < -0.3 is 18.9 Å². The van der Waals surface area contributed by atoms with Gasteiger partial charge in [0.15, 0.2) is 0 Å². The summed E-state index contributed by atoms with van der Waals surface area (Å²) in [5.41, 5.74) is 6.03. The SMILES string of the molecule is C=C(C)C(=O)O/C=C\Oc1ccc(-c2ccc(-c3ccc(O/C=C\OC(=O)C(=C)C)cc3)c(C)c2)cc1. The number of hydrogen-bond donors (Lipinski definition) is 0. The number of esters is 2.